The van der Waals surface area contributed by atoms with Crippen LogP contribution in [0, 0.1) is 5.92 Å². The molecule has 4 atom stereocenters. The molecule has 2 heterocycles. The number of carbonyl (C=O) groups is 4. The number of nitrogens with one attached hydrogen (secondary N) is 3. The van der Waals surface area contributed by atoms with Gasteiger partial charge in [-0.15, -0.1) is 0 Å². The highest BCUT2D eigenvalue weighted by molar-refractivity contribution is 5.92. The molecule has 0 aliphatic carbocycles. The fourth-order valence-electron chi connectivity index (χ4n) is 4.49. The van der Waals surface area contributed by atoms with Crippen molar-refractivity contribution < 1.29 is 29.0 Å². The van der Waals surface area contributed by atoms with E-state index < -0.39 is 48.6 Å². The van der Waals surface area contributed by atoms with Gasteiger partial charge in [-0.05, 0) is 50.3 Å². The molecular weight excluding hydrogens is 514 g/mol. The fourth-order valence-corrected chi connectivity index (χ4v) is 4.49. The zero-order valence-corrected chi connectivity index (χ0v) is 23.6. The first-order valence-corrected chi connectivity index (χ1v) is 13.5. The van der Waals surface area contributed by atoms with Gasteiger partial charge in [0, 0.05) is 18.9 Å². The molecule has 3 amide bonds. The molecule has 1 fully saturated rings. The molecule has 0 unspecified atom stereocenters. The molecule has 1 aliphatic heterocycles. The summed E-state index contributed by atoms with van der Waals surface area (Å²) in [6, 6.07) is 6.80. The highest BCUT2D eigenvalue weighted by atomic mass is 16.5. The topological polar surface area (TPSA) is 150 Å². The third-order valence-corrected chi connectivity index (χ3v) is 6.65. The number of aliphatic hydroxyl groups is 1. The second kappa shape index (κ2) is 14.0. The molecule has 1 aromatic carbocycles. The third-order valence-electron chi connectivity index (χ3n) is 6.65. The number of aromatic nitrogens is 1. The van der Waals surface area contributed by atoms with Gasteiger partial charge in [0.25, 0.3) is 5.91 Å². The quantitative estimate of drug-likeness (QED) is 0.327. The van der Waals surface area contributed by atoms with Crippen molar-refractivity contribution in [3.05, 3.63) is 47.7 Å². The maximum atomic E-state index is 13.1. The Bertz CT molecular complexity index is 1260. The molecule has 4 N–H and O–H groups in total. The highest BCUT2D eigenvalue weighted by Gasteiger charge is 2.35. The summed E-state index contributed by atoms with van der Waals surface area (Å²) in [6.07, 6.45) is 4.27. The van der Waals surface area contributed by atoms with Crippen LogP contribution in [0.3, 0.4) is 0 Å². The molecule has 1 saturated heterocycles. The minimum Gasteiger partial charge on any atom is -0.455 e. The number of ether oxygens (including phenoxy) is 1. The SMILES string of the molecule is C/C=C/c1ccc2ccc([C@@H](C)OC(=O)[C@@H]3CCCN(C(=O)[C@H](CO)NC(=O)[C@@H](NC(C)=O)C(C)C)N3)nc2c1. The molecule has 40 heavy (non-hydrogen) atoms. The van der Waals surface area contributed by atoms with E-state index in [1.54, 1.807) is 20.8 Å². The first kappa shape index (κ1) is 30.7. The summed E-state index contributed by atoms with van der Waals surface area (Å²) in [6.45, 7) is 8.13. The Morgan fingerprint density at radius 1 is 1.18 bits per heavy atom. The first-order valence-electron chi connectivity index (χ1n) is 13.5. The van der Waals surface area contributed by atoms with E-state index in [-0.39, 0.29) is 18.4 Å². The number of pyridine rings is 1. The van der Waals surface area contributed by atoms with Gasteiger partial charge >= 0.3 is 5.97 Å². The van der Waals surface area contributed by atoms with Crippen molar-refractivity contribution in [3.8, 4) is 0 Å². The molecule has 0 bridgehead atoms. The van der Waals surface area contributed by atoms with Crippen LogP contribution >= 0.6 is 0 Å². The number of esters is 1. The number of carbonyl (C=O) groups excluding carboxylic acids is 4. The molecule has 0 saturated carbocycles. The van der Waals surface area contributed by atoms with E-state index in [0.29, 0.717) is 18.5 Å². The van der Waals surface area contributed by atoms with E-state index in [2.05, 4.69) is 21.0 Å². The second-order valence-corrected chi connectivity index (χ2v) is 10.2. The largest absolute Gasteiger partial charge is 0.455 e. The molecular formula is C29H39N5O6. The van der Waals surface area contributed by atoms with Crippen molar-refractivity contribution in [2.75, 3.05) is 13.2 Å². The van der Waals surface area contributed by atoms with Gasteiger partial charge in [0.15, 0.2) is 0 Å². The molecule has 3 rings (SSSR count). The van der Waals surface area contributed by atoms with Gasteiger partial charge in [-0.1, -0.05) is 44.2 Å². The normalized spacial score (nSPS) is 17.9. The Morgan fingerprint density at radius 2 is 1.90 bits per heavy atom. The molecule has 2 aromatic rings. The van der Waals surface area contributed by atoms with Crippen molar-refractivity contribution in [2.45, 2.75) is 71.7 Å². The fraction of sp³-hybridized carbons (Fsp3) is 0.483. The van der Waals surface area contributed by atoms with Gasteiger partial charge in [0.1, 0.15) is 24.2 Å². The average Bonchev–Trinajstić information content (AvgIpc) is 2.93. The summed E-state index contributed by atoms with van der Waals surface area (Å²) < 4.78 is 5.70. The number of hydrogen-bond acceptors (Lipinski definition) is 8. The van der Waals surface area contributed by atoms with Crippen LogP contribution in [-0.4, -0.2) is 70.1 Å². The van der Waals surface area contributed by atoms with Crippen molar-refractivity contribution in [3.63, 3.8) is 0 Å². The molecule has 11 heteroatoms. The van der Waals surface area contributed by atoms with E-state index in [4.69, 9.17) is 4.74 Å². The zero-order chi connectivity index (χ0) is 29.4. The second-order valence-electron chi connectivity index (χ2n) is 10.2. The number of amides is 3. The van der Waals surface area contributed by atoms with Gasteiger partial charge in [0.2, 0.25) is 11.8 Å². The van der Waals surface area contributed by atoms with E-state index in [0.717, 1.165) is 16.5 Å². The van der Waals surface area contributed by atoms with Gasteiger partial charge < -0.3 is 20.5 Å². The number of benzene rings is 1. The number of hydrogen-bond donors (Lipinski definition) is 4. The van der Waals surface area contributed by atoms with E-state index in [1.165, 1.54) is 11.9 Å². The number of allylic oxidation sites excluding steroid dienone is 1. The first-order chi connectivity index (χ1) is 19.0. The Hall–Kier alpha value is -3.83. The van der Waals surface area contributed by atoms with Crippen molar-refractivity contribution >= 4 is 40.7 Å². The lowest BCUT2D eigenvalue weighted by Gasteiger charge is -2.35. The van der Waals surface area contributed by atoms with Crippen molar-refractivity contribution in [1.29, 1.82) is 0 Å². The average molecular weight is 554 g/mol. The number of aliphatic hydroxyl groups excluding tert-OH is 1. The van der Waals surface area contributed by atoms with Crippen LogP contribution in [0.5, 0.6) is 0 Å². The smallest absolute Gasteiger partial charge is 0.325 e. The molecule has 1 aromatic heterocycles. The zero-order valence-electron chi connectivity index (χ0n) is 23.6. The van der Waals surface area contributed by atoms with Crippen LogP contribution in [-0.2, 0) is 23.9 Å². The lowest BCUT2D eigenvalue weighted by molar-refractivity contribution is -0.157. The van der Waals surface area contributed by atoms with Crippen LogP contribution in [0.1, 0.15) is 64.8 Å². The number of rotatable bonds is 10. The minimum atomic E-state index is -1.25. The highest BCUT2D eigenvalue weighted by Crippen LogP contribution is 2.22. The van der Waals surface area contributed by atoms with Crippen LogP contribution in [0.15, 0.2) is 36.4 Å². The minimum absolute atomic E-state index is 0.236. The molecule has 0 radical (unpaired) electrons. The Morgan fingerprint density at radius 3 is 2.55 bits per heavy atom. The molecule has 0 spiro atoms. The monoisotopic (exact) mass is 553 g/mol. The van der Waals surface area contributed by atoms with Gasteiger partial charge in [-0.2, -0.15) is 0 Å². The number of fused-ring (bicyclic) bond motifs is 1. The van der Waals surface area contributed by atoms with E-state index >= 15 is 0 Å². The van der Waals surface area contributed by atoms with Crippen LogP contribution < -0.4 is 16.1 Å². The Labute approximate surface area is 234 Å². The Balaban J connectivity index is 1.64. The van der Waals surface area contributed by atoms with E-state index in [9.17, 15) is 24.3 Å². The predicted molar refractivity (Wildman–Crippen MR) is 150 cm³/mol. The van der Waals surface area contributed by atoms with Crippen molar-refractivity contribution in [1.82, 2.24) is 26.1 Å². The number of nitrogens with zero attached hydrogens (tertiary/aromatic N) is 2. The van der Waals surface area contributed by atoms with Gasteiger partial charge in [-0.3, -0.25) is 24.2 Å². The lowest BCUT2D eigenvalue weighted by Crippen LogP contribution is -2.62. The summed E-state index contributed by atoms with van der Waals surface area (Å²) >= 11 is 0. The molecule has 1 aliphatic rings. The maximum Gasteiger partial charge on any atom is 0.325 e. The summed E-state index contributed by atoms with van der Waals surface area (Å²) in [7, 11) is 0. The lowest BCUT2D eigenvalue weighted by atomic mass is 10.0. The van der Waals surface area contributed by atoms with Crippen molar-refractivity contribution in [2.24, 2.45) is 5.92 Å². The van der Waals surface area contributed by atoms with Crippen LogP contribution in [0.4, 0.5) is 0 Å². The standard InChI is InChI=1S/C29H39N5O6/c1-6-8-20-10-11-21-12-13-22(31-24(21)15-20)18(4)40-29(39)23-9-7-14-34(33-23)28(38)25(16-35)32-27(37)26(17(2)3)30-19(5)36/h6,8,10-13,15,17-18,23,25-26,33,35H,7,9,14,16H2,1-5H3,(H,30,36)(H,32,37)/b8-6+/t18-,23+,25+,26+/m1/s1. The number of hydrazine groups is 1. The van der Waals surface area contributed by atoms with Gasteiger partial charge in [0.05, 0.1) is 17.8 Å². The summed E-state index contributed by atoms with van der Waals surface area (Å²) in [4.78, 5) is 55.0. The van der Waals surface area contributed by atoms with Crippen LogP contribution in [0.2, 0.25) is 0 Å². The molecule has 216 valence electrons. The Kier molecular flexibility index (Phi) is 10.7. The predicted octanol–water partition coefficient (Wildman–Crippen LogP) is 2.01. The molecule has 11 nitrogen and oxygen atoms in total. The van der Waals surface area contributed by atoms with Gasteiger partial charge in [-0.25, -0.2) is 10.4 Å². The maximum absolute atomic E-state index is 13.1. The third kappa shape index (κ3) is 7.86. The summed E-state index contributed by atoms with van der Waals surface area (Å²) in [5, 5.41) is 17.1. The summed E-state index contributed by atoms with van der Waals surface area (Å²) in [5.41, 5.74) is 5.29. The summed E-state index contributed by atoms with van der Waals surface area (Å²) in [5.74, 6) is -2.34. The van der Waals surface area contributed by atoms with Crippen LogP contribution in [0.25, 0.3) is 17.0 Å². The van der Waals surface area contributed by atoms with E-state index in [1.807, 2.05) is 49.4 Å².